The van der Waals surface area contributed by atoms with E-state index < -0.39 is 0 Å². The number of nitrogens with one attached hydrogen (secondary N) is 1. The van der Waals surface area contributed by atoms with E-state index >= 15 is 0 Å². The highest BCUT2D eigenvalue weighted by Crippen LogP contribution is 2.40. The first-order chi connectivity index (χ1) is 7.33. The van der Waals surface area contributed by atoms with E-state index in [-0.39, 0.29) is 5.92 Å². The lowest BCUT2D eigenvalue weighted by atomic mass is 9.67. The number of piperidine rings is 1. The summed E-state index contributed by atoms with van der Waals surface area (Å²) in [6, 6.07) is 0. The summed E-state index contributed by atoms with van der Waals surface area (Å²) < 4.78 is 7.20. The fraction of sp³-hybridized carbons (Fsp3) is 0.917. The highest BCUT2D eigenvalue weighted by molar-refractivity contribution is 5.80. The Morgan fingerprint density at radius 1 is 1.50 bits per heavy atom. The van der Waals surface area contributed by atoms with E-state index in [1.807, 2.05) is 0 Å². The Kier molecular flexibility index (Phi) is 2.71. The van der Waals surface area contributed by atoms with Crippen LogP contribution in [0.1, 0.15) is 46.8 Å². The van der Waals surface area contributed by atoms with Gasteiger partial charge >= 0.3 is 0 Å². The third kappa shape index (κ3) is 1.79. The number of rotatable bonds is 2. The van der Waals surface area contributed by atoms with Crippen molar-refractivity contribution in [2.24, 2.45) is 17.8 Å². The van der Waals surface area contributed by atoms with Gasteiger partial charge in [-0.3, -0.25) is 4.79 Å². The van der Waals surface area contributed by atoms with E-state index in [0.717, 1.165) is 19.4 Å². The Hall–Kier alpha value is -0.530. The summed E-state index contributed by atoms with van der Waals surface area (Å²) in [5, 5.41) is 3.00. The van der Waals surface area contributed by atoms with Crippen molar-refractivity contribution in [1.29, 1.82) is 0 Å². The quantitative estimate of drug-likeness (QED) is 0.721. The summed E-state index contributed by atoms with van der Waals surface area (Å²) >= 11 is 0. The van der Waals surface area contributed by atoms with Crippen LogP contribution in [-0.2, 0) is 4.79 Å². The summed E-state index contributed by atoms with van der Waals surface area (Å²) in [5.41, 5.74) is 0. The molecule has 1 amide bonds. The molecule has 1 saturated heterocycles. The number of hydrogen-bond donors (Lipinski definition) is 1. The minimum absolute atomic E-state index is 0.277. The molecule has 2 aliphatic rings. The standard InChI is InChI=1S/C12H21NO/c1-2-4-9-5-3-6-10-7-8-13-12(14)11(9)10/h9-11H,2-8H2,1H3,(H,13,14)/t9-,10+,11-/m1/s1/i1D. The summed E-state index contributed by atoms with van der Waals surface area (Å²) in [6.45, 7) is 1.39. The first-order valence-corrected chi connectivity index (χ1v) is 5.90. The smallest absolute Gasteiger partial charge is 0.223 e. The van der Waals surface area contributed by atoms with Gasteiger partial charge in [0.15, 0.2) is 0 Å². The molecule has 0 spiro atoms. The highest BCUT2D eigenvalue weighted by Gasteiger charge is 2.39. The average Bonchev–Trinajstić information content (AvgIpc) is 2.26. The fourth-order valence-corrected chi connectivity index (χ4v) is 3.22. The van der Waals surface area contributed by atoms with Crippen LogP contribution < -0.4 is 5.32 Å². The van der Waals surface area contributed by atoms with Gasteiger partial charge in [0, 0.05) is 13.8 Å². The van der Waals surface area contributed by atoms with Crippen molar-refractivity contribution in [3.8, 4) is 0 Å². The van der Waals surface area contributed by atoms with Gasteiger partial charge in [0.2, 0.25) is 5.91 Å². The monoisotopic (exact) mass is 196 g/mol. The minimum Gasteiger partial charge on any atom is -0.356 e. The number of amides is 1. The van der Waals surface area contributed by atoms with Gasteiger partial charge in [-0.25, -0.2) is 0 Å². The van der Waals surface area contributed by atoms with Crippen LogP contribution >= 0.6 is 0 Å². The van der Waals surface area contributed by atoms with Crippen molar-refractivity contribution in [3.63, 3.8) is 0 Å². The van der Waals surface area contributed by atoms with Crippen LogP contribution in [-0.4, -0.2) is 12.5 Å². The summed E-state index contributed by atoms with van der Waals surface area (Å²) in [7, 11) is 0. The fourth-order valence-electron chi connectivity index (χ4n) is 3.22. The molecule has 0 bridgehead atoms. The predicted octanol–water partition coefficient (Wildman–Crippen LogP) is 2.34. The predicted molar refractivity (Wildman–Crippen MR) is 56.9 cm³/mol. The molecule has 0 aromatic rings. The maximum atomic E-state index is 11.8. The molecular formula is C12H21NO. The largest absolute Gasteiger partial charge is 0.356 e. The van der Waals surface area contributed by atoms with E-state index in [1.54, 1.807) is 0 Å². The molecule has 1 saturated carbocycles. The van der Waals surface area contributed by atoms with E-state index in [9.17, 15) is 4.79 Å². The second-order valence-electron chi connectivity index (χ2n) is 4.70. The maximum absolute atomic E-state index is 11.8. The lowest BCUT2D eigenvalue weighted by Gasteiger charge is -2.40. The zero-order chi connectivity index (χ0) is 10.7. The Labute approximate surface area is 87.9 Å². The van der Waals surface area contributed by atoms with Crippen molar-refractivity contribution in [2.75, 3.05) is 6.54 Å². The SMILES string of the molecule is [2H]CCC[C@@H]1CCC[C@H]2CCNC(=O)[C@H]12. The Bertz CT molecular complexity index is 230. The van der Waals surface area contributed by atoms with Crippen molar-refractivity contribution in [1.82, 2.24) is 5.32 Å². The van der Waals surface area contributed by atoms with Gasteiger partial charge in [0.25, 0.3) is 0 Å². The lowest BCUT2D eigenvalue weighted by Crippen LogP contribution is -2.47. The second-order valence-corrected chi connectivity index (χ2v) is 4.70. The van der Waals surface area contributed by atoms with Crippen LogP contribution in [0.4, 0.5) is 0 Å². The normalized spacial score (nSPS) is 38.4. The second kappa shape index (κ2) is 4.33. The lowest BCUT2D eigenvalue weighted by molar-refractivity contribution is -0.132. The number of carbonyl (C=O) groups excluding carboxylic acids is 1. The molecule has 1 aliphatic carbocycles. The zero-order valence-electron chi connectivity index (χ0n) is 9.80. The van der Waals surface area contributed by atoms with Crippen molar-refractivity contribution >= 4 is 5.91 Å². The van der Waals surface area contributed by atoms with E-state index in [0.29, 0.717) is 24.6 Å². The van der Waals surface area contributed by atoms with Gasteiger partial charge in [0.1, 0.15) is 0 Å². The van der Waals surface area contributed by atoms with E-state index in [4.69, 9.17) is 1.37 Å². The van der Waals surface area contributed by atoms with Crippen molar-refractivity contribution in [2.45, 2.75) is 45.4 Å². The molecule has 1 heterocycles. The number of carbonyl (C=O) groups is 1. The van der Waals surface area contributed by atoms with Crippen LogP contribution in [0.5, 0.6) is 0 Å². The summed E-state index contributed by atoms with van der Waals surface area (Å²) in [6.07, 6.45) is 6.95. The first kappa shape index (κ1) is 8.75. The molecule has 1 aliphatic heterocycles. The molecule has 0 unspecified atom stereocenters. The molecule has 80 valence electrons. The first-order valence-electron chi connectivity index (χ1n) is 6.60. The van der Waals surface area contributed by atoms with Gasteiger partial charge in [-0.15, -0.1) is 0 Å². The molecule has 3 atom stereocenters. The molecular weight excluding hydrogens is 174 g/mol. The molecule has 2 rings (SSSR count). The summed E-state index contributed by atoms with van der Waals surface area (Å²) in [4.78, 5) is 11.8. The minimum atomic E-state index is 0.277. The maximum Gasteiger partial charge on any atom is 0.223 e. The van der Waals surface area contributed by atoms with Gasteiger partial charge in [0.05, 0.1) is 0 Å². The Balaban J connectivity index is 1.99. The van der Waals surface area contributed by atoms with Crippen LogP contribution in [0, 0.1) is 17.8 Å². The average molecular weight is 196 g/mol. The zero-order valence-corrected chi connectivity index (χ0v) is 8.80. The molecule has 14 heavy (non-hydrogen) atoms. The number of fused-ring (bicyclic) bond motifs is 1. The molecule has 0 aromatic heterocycles. The Morgan fingerprint density at radius 3 is 3.29 bits per heavy atom. The van der Waals surface area contributed by atoms with E-state index in [2.05, 4.69) is 5.32 Å². The van der Waals surface area contributed by atoms with Gasteiger partial charge in [-0.05, 0) is 37.5 Å². The van der Waals surface area contributed by atoms with Gasteiger partial charge in [-0.2, -0.15) is 0 Å². The van der Waals surface area contributed by atoms with Gasteiger partial charge < -0.3 is 5.32 Å². The third-order valence-corrected chi connectivity index (χ3v) is 3.86. The third-order valence-electron chi connectivity index (χ3n) is 3.86. The highest BCUT2D eigenvalue weighted by atomic mass is 16.2. The summed E-state index contributed by atoms with van der Waals surface area (Å²) in [5.74, 6) is 1.78. The Morgan fingerprint density at radius 2 is 2.43 bits per heavy atom. The van der Waals surface area contributed by atoms with Crippen LogP contribution in [0.25, 0.3) is 0 Å². The van der Waals surface area contributed by atoms with E-state index in [1.165, 1.54) is 25.7 Å². The molecule has 2 fully saturated rings. The molecule has 2 heteroatoms. The molecule has 1 N–H and O–H groups in total. The van der Waals surface area contributed by atoms with Crippen molar-refractivity contribution in [3.05, 3.63) is 0 Å². The topological polar surface area (TPSA) is 29.1 Å². The molecule has 0 aromatic carbocycles. The van der Waals surface area contributed by atoms with Crippen molar-refractivity contribution < 1.29 is 6.17 Å². The molecule has 2 nitrogen and oxygen atoms in total. The number of hydrogen-bond acceptors (Lipinski definition) is 1. The molecule has 0 radical (unpaired) electrons. The van der Waals surface area contributed by atoms with Crippen LogP contribution in [0.2, 0.25) is 0 Å². The van der Waals surface area contributed by atoms with Gasteiger partial charge in [-0.1, -0.05) is 19.7 Å². The van der Waals surface area contributed by atoms with Crippen LogP contribution in [0.3, 0.4) is 0 Å². The van der Waals surface area contributed by atoms with Crippen LogP contribution in [0.15, 0.2) is 0 Å².